The maximum Gasteiger partial charge on any atom is 0.250 e. The van der Waals surface area contributed by atoms with Crippen LogP contribution in [0.4, 0.5) is 0 Å². The zero-order valence-electron chi connectivity index (χ0n) is 12.5. The van der Waals surface area contributed by atoms with Crippen LogP contribution in [0.3, 0.4) is 0 Å². The molecule has 3 rings (SSSR count). The Morgan fingerprint density at radius 2 is 2.17 bits per heavy atom. The van der Waals surface area contributed by atoms with Crippen LogP contribution in [0.5, 0.6) is 0 Å². The molecule has 1 atom stereocenters. The predicted molar refractivity (Wildman–Crippen MR) is 93.6 cm³/mol. The van der Waals surface area contributed by atoms with Crippen molar-refractivity contribution in [3.8, 4) is 0 Å². The van der Waals surface area contributed by atoms with Crippen LogP contribution in [-0.4, -0.2) is 24.7 Å². The summed E-state index contributed by atoms with van der Waals surface area (Å²) in [5, 5.41) is 6.23. The molecular weight excluding hydrogens is 350 g/mol. The van der Waals surface area contributed by atoms with E-state index < -0.39 is 10.0 Å². The lowest BCUT2D eigenvalue weighted by molar-refractivity contribution is 0.512. The first-order valence-electron chi connectivity index (χ1n) is 7.21. The number of rotatable bonds is 7. The summed E-state index contributed by atoms with van der Waals surface area (Å²) in [4.78, 5) is 2.13. The smallest absolute Gasteiger partial charge is 0.250 e. The molecule has 0 saturated heterocycles. The van der Waals surface area contributed by atoms with Crippen LogP contribution in [0, 0.1) is 0 Å². The highest BCUT2D eigenvalue weighted by Crippen LogP contribution is 2.24. The second kappa shape index (κ2) is 6.96. The Bertz CT molecular complexity index is 802. The Balaban J connectivity index is 1.79. The summed E-state index contributed by atoms with van der Waals surface area (Å²) in [6.07, 6.45) is 4.38. The minimum Gasteiger partial charge on any atom is -0.263 e. The fourth-order valence-electron chi connectivity index (χ4n) is 2.22. The van der Waals surface area contributed by atoms with Crippen LogP contribution < -0.4 is 4.72 Å². The van der Waals surface area contributed by atoms with Crippen molar-refractivity contribution in [3.05, 3.63) is 57.9 Å². The lowest BCUT2D eigenvalue weighted by Gasteiger charge is -2.16. The van der Waals surface area contributed by atoms with Gasteiger partial charge in [0.1, 0.15) is 4.21 Å². The number of nitrogens with one attached hydrogen (secondary N) is 1. The van der Waals surface area contributed by atoms with Crippen LogP contribution in [0.15, 0.2) is 52.3 Å². The standard InChI is InChI=1S/C15H17N3O2S3/c1-2-12-6-7-15(22-12)23(19,20)17-11-13(14-5-3-10-21-14)18-9-4-8-16-18/h3-10,13,17H,2,11H2,1H3. The number of hydrogen-bond donors (Lipinski definition) is 1. The lowest BCUT2D eigenvalue weighted by atomic mass is 10.2. The molecule has 3 aromatic rings. The number of nitrogens with zero attached hydrogens (tertiary/aromatic N) is 2. The molecular formula is C15H17N3O2S3. The van der Waals surface area contributed by atoms with E-state index in [0.29, 0.717) is 4.21 Å². The molecule has 0 fully saturated rings. The molecule has 0 aromatic carbocycles. The van der Waals surface area contributed by atoms with Crippen LogP contribution in [0.25, 0.3) is 0 Å². The van der Waals surface area contributed by atoms with E-state index in [1.807, 2.05) is 42.8 Å². The summed E-state index contributed by atoms with van der Waals surface area (Å²) in [5.74, 6) is 0. The van der Waals surface area contributed by atoms with Gasteiger partial charge in [0.05, 0.1) is 6.04 Å². The largest absolute Gasteiger partial charge is 0.263 e. The Morgan fingerprint density at radius 1 is 1.30 bits per heavy atom. The molecule has 23 heavy (non-hydrogen) atoms. The molecule has 0 aliphatic carbocycles. The van der Waals surface area contributed by atoms with Crippen molar-refractivity contribution in [2.45, 2.75) is 23.6 Å². The SMILES string of the molecule is CCc1ccc(S(=O)(=O)NCC(c2cccs2)n2cccn2)s1. The summed E-state index contributed by atoms with van der Waals surface area (Å²) in [6.45, 7) is 2.28. The van der Waals surface area contributed by atoms with E-state index in [1.54, 1.807) is 28.3 Å². The summed E-state index contributed by atoms with van der Waals surface area (Å²) in [5.41, 5.74) is 0. The molecule has 0 amide bonds. The van der Waals surface area contributed by atoms with E-state index in [0.717, 1.165) is 16.2 Å². The highest BCUT2D eigenvalue weighted by atomic mass is 32.2. The number of aryl methyl sites for hydroxylation is 1. The van der Waals surface area contributed by atoms with Gasteiger partial charge in [0, 0.05) is 28.7 Å². The van der Waals surface area contributed by atoms with Gasteiger partial charge in [0.2, 0.25) is 10.0 Å². The molecule has 0 spiro atoms. The van der Waals surface area contributed by atoms with Gasteiger partial charge in [-0.05, 0) is 36.1 Å². The minimum atomic E-state index is -3.49. The predicted octanol–water partition coefficient (Wildman–Crippen LogP) is 3.14. The van der Waals surface area contributed by atoms with Crippen molar-refractivity contribution >= 4 is 32.7 Å². The van der Waals surface area contributed by atoms with Gasteiger partial charge >= 0.3 is 0 Å². The van der Waals surface area contributed by atoms with Gasteiger partial charge in [-0.1, -0.05) is 13.0 Å². The number of aromatic nitrogens is 2. The number of sulfonamides is 1. The zero-order chi connectivity index (χ0) is 16.3. The molecule has 0 bridgehead atoms. The topological polar surface area (TPSA) is 64.0 Å². The maximum absolute atomic E-state index is 12.5. The Morgan fingerprint density at radius 3 is 2.78 bits per heavy atom. The van der Waals surface area contributed by atoms with Crippen molar-refractivity contribution in [2.75, 3.05) is 6.54 Å². The van der Waals surface area contributed by atoms with Gasteiger partial charge in [0.15, 0.2) is 0 Å². The molecule has 0 saturated carbocycles. The molecule has 3 aromatic heterocycles. The monoisotopic (exact) mass is 367 g/mol. The van der Waals surface area contributed by atoms with Gasteiger partial charge in [0.25, 0.3) is 0 Å². The quantitative estimate of drug-likeness (QED) is 0.698. The summed E-state index contributed by atoms with van der Waals surface area (Å²) >= 11 is 2.91. The summed E-state index contributed by atoms with van der Waals surface area (Å²) < 4.78 is 29.8. The Hall–Kier alpha value is -1.48. The lowest BCUT2D eigenvalue weighted by Crippen LogP contribution is -2.30. The molecule has 1 unspecified atom stereocenters. The molecule has 8 heteroatoms. The van der Waals surface area contributed by atoms with Gasteiger partial charge in [-0.2, -0.15) is 5.10 Å². The second-order valence-electron chi connectivity index (χ2n) is 4.94. The average Bonchev–Trinajstić information content (AvgIpc) is 3.29. The molecule has 0 aliphatic heterocycles. The third-order valence-corrected chi connectivity index (χ3v) is 7.55. The van der Waals surface area contributed by atoms with E-state index in [4.69, 9.17) is 0 Å². The molecule has 5 nitrogen and oxygen atoms in total. The first-order chi connectivity index (χ1) is 11.1. The molecule has 1 N–H and O–H groups in total. The van der Waals surface area contributed by atoms with Crippen molar-refractivity contribution < 1.29 is 8.42 Å². The fourth-order valence-corrected chi connectivity index (χ4v) is 5.42. The van der Waals surface area contributed by atoms with Crippen molar-refractivity contribution in [1.29, 1.82) is 0 Å². The minimum absolute atomic E-state index is 0.148. The van der Waals surface area contributed by atoms with Crippen LogP contribution >= 0.6 is 22.7 Å². The van der Waals surface area contributed by atoms with E-state index in [-0.39, 0.29) is 12.6 Å². The molecule has 122 valence electrons. The van der Waals surface area contributed by atoms with E-state index in [1.165, 1.54) is 11.3 Å². The summed E-state index contributed by atoms with van der Waals surface area (Å²) in [7, 11) is -3.49. The highest BCUT2D eigenvalue weighted by molar-refractivity contribution is 7.91. The number of hydrogen-bond acceptors (Lipinski definition) is 5. The molecule has 0 radical (unpaired) electrons. The molecule has 0 aliphatic rings. The van der Waals surface area contributed by atoms with Gasteiger partial charge in [-0.3, -0.25) is 4.68 Å². The van der Waals surface area contributed by atoms with Gasteiger partial charge in [-0.15, -0.1) is 22.7 Å². The van der Waals surface area contributed by atoms with Crippen LogP contribution in [-0.2, 0) is 16.4 Å². The normalized spacial score (nSPS) is 13.3. The third-order valence-electron chi connectivity index (χ3n) is 3.43. The fraction of sp³-hybridized carbons (Fsp3) is 0.267. The Kier molecular flexibility index (Phi) is 4.96. The third kappa shape index (κ3) is 3.72. The summed E-state index contributed by atoms with van der Waals surface area (Å²) in [6, 6.07) is 9.17. The maximum atomic E-state index is 12.5. The second-order valence-corrected chi connectivity index (χ2v) is 9.08. The van der Waals surface area contributed by atoms with Crippen molar-refractivity contribution in [1.82, 2.24) is 14.5 Å². The first-order valence-corrected chi connectivity index (χ1v) is 10.4. The van der Waals surface area contributed by atoms with Gasteiger partial charge < -0.3 is 0 Å². The van der Waals surface area contributed by atoms with Crippen molar-refractivity contribution in [2.24, 2.45) is 0 Å². The number of thiophene rings is 2. The van der Waals surface area contributed by atoms with Crippen LogP contribution in [0.1, 0.15) is 22.7 Å². The highest BCUT2D eigenvalue weighted by Gasteiger charge is 2.21. The average molecular weight is 368 g/mol. The molecule has 3 heterocycles. The van der Waals surface area contributed by atoms with Crippen molar-refractivity contribution in [3.63, 3.8) is 0 Å². The van der Waals surface area contributed by atoms with E-state index in [9.17, 15) is 8.42 Å². The van der Waals surface area contributed by atoms with Crippen LogP contribution in [0.2, 0.25) is 0 Å². The first kappa shape index (κ1) is 16.4. The Labute approximate surface area is 143 Å². The van der Waals surface area contributed by atoms with Gasteiger partial charge in [-0.25, -0.2) is 13.1 Å². The van der Waals surface area contributed by atoms with E-state index in [2.05, 4.69) is 9.82 Å². The van der Waals surface area contributed by atoms with E-state index >= 15 is 0 Å². The zero-order valence-corrected chi connectivity index (χ0v) is 15.0.